The van der Waals surface area contributed by atoms with Crippen molar-refractivity contribution in [3.8, 4) is 0 Å². The lowest BCUT2D eigenvalue weighted by molar-refractivity contribution is 0.390. The molecule has 1 aromatic carbocycles. The third-order valence-corrected chi connectivity index (χ3v) is 4.36. The second-order valence-electron chi connectivity index (χ2n) is 4.73. The van der Waals surface area contributed by atoms with Crippen LogP contribution in [-0.4, -0.2) is 25.9 Å². The summed E-state index contributed by atoms with van der Waals surface area (Å²) in [5.74, 6) is 0.157. The molecule has 0 unspecified atom stereocenters. The average Bonchev–Trinajstić information content (AvgIpc) is 2.83. The Kier molecular flexibility index (Phi) is 5.08. The third-order valence-electron chi connectivity index (χ3n) is 2.98. The summed E-state index contributed by atoms with van der Waals surface area (Å²) in [6, 6.07) is 7.93. The molecular formula is C14H17FN2O3S. The molecule has 1 N–H and O–H groups in total. The van der Waals surface area contributed by atoms with Crippen molar-refractivity contribution in [1.82, 2.24) is 9.88 Å². The van der Waals surface area contributed by atoms with Gasteiger partial charge in [-0.1, -0.05) is 23.4 Å². The second-order valence-corrected chi connectivity index (χ2v) is 6.66. The third kappa shape index (κ3) is 4.95. The van der Waals surface area contributed by atoms with Gasteiger partial charge >= 0.3 is 0 Å². The smallest absolute Gasteiger partial charge is 0.211 e. The Bertz CT molecular complexity index is 698. The molecule has 0 aliphatic heterocycles. The summed E-state index contributed by atoms with van der Waals surface area (Å²) in [6.07, 6.45) is 0.599. The molecule has 0 spiro atoms. The maximum Gasteiger partial charge on any atom is 0.211 e. The summed E-state index contributed by atoms with van der Waals surface area (Å²) in [5, 5.41) is 3.78. The summed E-state index contributed by atoms with van der Waals surface area (Å²) < 4.78 is 44.4. The Morgan fingerprint density at radius 2 is 2.05 bits per heavy atom. The van der Waals surface area contributed by atoms with Crippen molar-refractivity contribution in [2.45, 2.75) is 19.8 Å². The van der Waals surface area contributed by atoms with Crippen LogP contribution in [-0.2, 0) is 22.9 Å². The molecule has 0 atom stereocenters. The predicted molar refractivity (Wildman–Crippen MR) is 76.8 cm³/mol. The Balaban J connectivity index is 1.81. The van der Waals surface area contributed by atoms with E-state index in [0.29, 0.717) is 23.4 Å². The second kappa shape index (κ2) is 6.82. The normalized spacial score (nSPS) is 11.7. The number of benzene rings is 1. The van der Waals surface area contributed by atoms with Crippen LogP contribution in [0.25, 0.3) is 0 Å². The molecule has 0 aliphatic rings. The molecule has 0 aliphatic carbocycles. The molecule has 0 bridgehead atoms. The fraction of sp³-hybridized carbons (Fsp3) is 0.357. The monoisotopic (exact) mass is 312 g/mol. The van der Waals surface area contributed by atoms with E-state index in [-0.39, 0.29) is 24.5 Å². The van der Waals surface area contributed by atoms with Crippen LogP contribution in [0.15, 0.2) is 34.9 Å². The highest BCUT2D eigenvalue weighted by molar-refractivity contribution is 7.89. The van der Waals surface area contributed by atoms with Gasteiger partial charge in [-0.15, -0.1) is 0 Å². The molecular weight excluding hydrogens is 295 g/mol. The first kappa shape index (κ1) is 15.7. The number of nitrogens with zero attached hydrogens (tertiary/aromatic N) is 1. The number of hydrogen-bond donors (Lipinski definition) is 1. The molecule has 0 fully saturated rings. The van der Waals surface area contributed by atoms with Crippen LogP contribution in [0.4, 0.5) is 4.39 Å². The van der Waals surface area contributed by atoms with E-state index in [1.165, 1.54) is 6.07 Å². The Labute approximate surface area is 123 Å². The van der Waals surface area contributed by atoms with Crippen molar-refractivity contribution >= 4 is 10.0 Å². The predicted octanol–water partition coefficient (Wildman–Crippen LogP) is 1.83. The lowest BCUT2D eigenvalue weighted by atomic mass is 10.2. The molecule has 0 saturated heterocycles. The Hall–Kier alpha value is -1.73. The topological polar surface area (TPSA) is 72.2 Å². The molecule has 114 valence electrons. The van der Waals surface area contributed by atoms with Crippen LogP contribution in [0, 0.1) is 12.7 Å². The van der Waals surface area contributed by atoms with E-state index < -0.39 is 10.0 Å². The number of aryl methyl sites for hydroxylation is 2. The first-order valence-electron chi connectivity index (χ1n) is 6.59. The number of nitrogens with one attached hydrogen (secondary N) is 1. The molecule has 2 aromatic rings. The fourth-order valence-corrected chi connectivity index (χ4v) is 2.93. The van der Waals surface area contributed by atoms with Crippen LogP contribution in [0.2, 0.25) is 0 Å². The van der Waals surface area contributed by atoms with E-state index in [2.05, 4.69) is 9.88 Å². The summed E-state index contributed by atoms with van der Waals surface area (Å²) >= 11 is 0. The Morgan fingerprint density at radius 1 is 1.29 bits per heavy atom. The van der Waals surface area contributed by atoms with Crippen molar-refractivity contribution in [1.29, 1.82) is 0 Å². The number of hydrogen-bond acceptors (Lipinski definition) is 4. The van der Waals surface area contributed by atoms with Crippen molar-refractivity contribution in [2.24, 2.45) is 0 Å². The minimum atomic E-state index is -3.43. The zero-order valence-electron chi connectivity index (χ0n) is 11.7. The number of rotatable bonds is 7. The van der Waals surface area contributed by atoms with Gasteiger partial charge in [-0.3, -0.25) is 0 Å². The Morgan fingerprint density at radius 3 is 2.71 bits per heavy atom. The van der Waals surface area contributed by atoms with Gasteiger partial charge in [0.1, 0.15) is 11.6 Å². The first-order valence-corrected chi connectivity index (χ1v) is 8.24. The SMILES string of the molecule is Cc1cc(CCNS(=O)(=O)CCc2ccccc2F)no1. The molecule has 0 saturated carbocycles. The molecule has 0 radical (unpaired) electrons. The van der Waals surface area contributed by atoms with E-state index in [1.807, 2.05) is 0 Å². The van der Waals surface area contributed by atoms with Crippen molar-refractivity contribution < 1.29 is 17.3 Å². The van der Waals surface area contributed by atoms with Crippen molar-refractivity contribution in [2.75, 3.05) is 12.3 Å². The minimum absolute atomic E-state index is 0.144. The van der Waals surface area contributed by atoms with Crippen LogP contribution >= 0.6 is 0 Å². The van der Waals surface area contributed by atoms with Gasteiger partial charge in [0, 0.05) is 19.0 Å². The minimum Gasteiger partial charge on any atom is -0.361 e. The van der Waals surface area contributed by atoms with Crippen molar-refractivity contribution in [3.05, 3.63) is 53.2 Å². The zero-order chi connectivity index (χ0) is 15.3. The van der Waals surface area contributed by atoms with Crippen LogP contribution < -0.4 is 4.72 Å². The first-order chi connectivity index (χ1) is 9.96. The van der Waals surface area contributed by atoms with Crippen molar-refractivity contribution in [3.63, 3.8) is 0 Å². The maximum atomic E-state index is 13.4. The summed E-state index contributed by atoms with van der Waals surface area (Å²) in [4.78, 5) is 0. The molecule has 2 rings (SSSR count). The van der Waals surface area contributed by atoms with Gasteiger partial charge in [-0.2, -0.15) is 0 Å². The van der Waals surface area contributed by atoms with Gasteiger partial charge in [0.15, 0.2) is 0 Å². The molecule has 5 nitrogen and oxygen atoms in total. The molecule has 1 aromatic heterocycles. The van der Waals surface area contributed by atoms with Gasteiger partial charge in [0.05, 0.1) is 11.4 Å². The highest BCUT2D eigenvalue weighted by Crippen LogP contribution is 2.08. The van der Waals surface area contributed by atoms with E-state index in [1.54, 1.807) is 31.2 Å². The zero-order valence-corrected chi connectivity index (χ0v) is 12.5. The van der Waals surface area contributed by atoms with Gasteiger partial charge in [-0.25, -0.2) is 17.5 Å². The van der Waals surface area contributed by atoms with E-state index in [9.17, 15) is 12.8 Å². The van der Waals surface area contributed by atoms with Gasteiger partial charge < -0.3 is 4.52 Å². The van der Waals surface area contributed by atoms with Crippen LogP contribution in [0.5, 0.6) is 0 Å². The number of aromatic nitrogens is 1. The van der Waals surface area contributed by atoms with Crippen LogP contribution in [0.1, 0.15) is 17.0 Å². The lowest BCUT2D eigenvalue weighted by Gasteiger charge is -2.06. The van der Waals surface area contributed by atoms with E-state index >= 15 is 0 Å². The largest absolute Gasteiger partial charge is 0.361 e. The fourth-order valence-electron chi connectivity index (χ4n) is 1.89. The standard InChI is InChI=1S/C14H17FN2O3S/c1-11-10-13(17-20-11)6-8-16-21(18,19)9-7-12-4-2-3-5-14(12)15/h2-5,10,16H,6-9H2,1H3. The summed E-state index contributed by atoms with van der Waals surface area (Å²) in [6.45, 7) is 2.01. The molecule has 21 heavy (non-hydrogen) atoms. The number of halogens is 1. The van der Waals surface area contributed by atoms with Crippen LogP contribution in [0.3, 0.4) is 0 Å². The van der Waals surface area contributed by atoms with E-state index in [4.69, 9.17) is 4.52 Å². The highest BCUT2D eigenvalue weighted by atomic mass is 32.2. The number of sulfonamides is 1. The highest BCUT2D eigenvalue weighted by Gasteiger charge is 2.12. The van der Waals surface area contributed by atoms with Gasteiger partial charge in [0.2, 0.25) is 10.0 Å². The average molecular weight is 312 g/mol. The van der Waals surface area contributed by atoms with Gasteiger partial charge in [0.25, 0.3) is 0 Å². The summed E-state index contributed by atoms with van der Waals surface area (Å²) in [7, 11) is -3.43. The van der Waals surface area contributed by atoms with E-state index in [0.717, 1.165) is 0 Å². The molecule has 0 amide bonds. The van der Waals surface area contributed by atoms with Gasteiger partial charge in [-0.05, 0) is 25.0 Å². The molecule has 7 heteroatoms. The quantitative estimate of drug-likeness (QED) is 0.846. The molecule has 1 heterocycles. The maximum absolute atomic E-state index is 13.4. The summed E-state index contributed by atoms with van der Waals surface area (Å²) in [5.41, 5.74) is 1.10. The lowest BCUT2D eigenvalue weighted by Crippen LogP contribution is -2.29.